The number of carbonyl (C=O) groups is 1. The number of benzene rings is 1. The molecule has 27 heavy (non-hydrogen) atoms. The fraction of sp³-hybridized carbons (Fsp3) is 0.476. The molecule has 2 N–H and O–H groups in total. The molecule has 1 fully saturated rings. The molecule has 2 heterocycles. The molecule has 2 aromatic rings. The normalized spacial score (nSPS) is 15.0. The van der Waals surface area contributed by atoms with Gasteiger partial charge in [0.25, 0.3) is 5.91 Å². The lowest BCUT2D eigenvalue weighted by molar-refractivity contribution is 0.0944. The lowest BCUT2D eigenvalue weighted by Gasteiger charge is -2.32. The van der Waals surface area contributed by atoms with Crippen LogP contribution in [0.5, 0.6) is 0 Å². The number of hydrogen-bond donors (Lipinski definition) is 2. The van der Waals surface area contributed by atoms with Crippen LogP contribution in [0.25, 0.3) is 0 Å². The Morgan fingerprint density at radius 2 is 1.89 bits per heavy atom. The van der Waals surface area contributed by atoms with E-state index in [-0.39, 0.29) is 5.91 Å². The maximum atomic E-state index is 12.2. The van der Waals surface area contributed by atoms with Crippen molar-refractivity contribution >= 4 is 23.2 Å². The van der Waals surface area contributed by atoms with Crippen LogP contribution < -0.4 is 15.5 Å². The molecule has 1 aliphatic heterocycles. The largest absolute Gasteiger partial charge is 0.372 e. The fourth-order valence-electron chi connectivity index (χ4n) is 3.08. The van der Waals surface area contributed by atoms with E-state index in [9.17, 15) is 4.79 Å². The molecule has 1 amide bonds. The van der Waals surface area contributed by atoms with Crippen molar-refractivity contribution in [2.24, 2.45) is 11.8 Å². The second kappa shape index (κ2) is 8.84. The van der Waals surface area contributed by atoms with Crippen LogP contribution in [0.15, 0.2) is 36.5 Å². The summed E-state index contributed by atoms with van der Waals surface area (Å²) in [5.74, 6) is 1.47. The average Bonchev–Trinajstić information content (AvgIpc) is 2.67. The van der Waals surface area contributed by atoms with Gasteiger partial charge >= 0.3 is 0 Å². The molecule has 3 rings (SSSR count). The number of aromatic nitrogens is 2. The Labute approximate surface area is 161 Å². The maximum Gasteiger partial charge on any atom is 0.270 e. The number of nitrogens with zero attached hydrogens (tertiary/aromatic N) is 3. The summed E-state index contributed by atoms with van der Waals surface area (Å²) in [6.07, 6.45) is 4.10. The summed E-state index contributed by atoms with van der Waals surface area (Å²) >= 11 is 0. The molecular weight excluding hydrogens is 338 g/mol. The van der Waals surface area contributed by atoms with Gasteiger partial charge in [0.05, 0.1) is 0 Å². The van der Waals surface area contributed by atoms with Crippen LogP contribution >= 0.6 is 0 Å². The average molecular weight is 367 g/mol. The number of hydrogen-bond acceptors (Lipinski definition) is 5. The van der Waals surface area contributed by atoms with Gasteiger partial charge in [-0.3, -0.25) is 4.79 Å². The first-order valence-corrected chi connectivity index (χ1v) is 9.74. The SMILES string of the molecule is CC(C)CNC(=O)c1ccnc(Nc2ccc(N3CCC(C)CC3)cc2)n1. The Morgan fingerprint density at radius 1 is 1.19 bits per heavy atom. The summed E-state index contributed by atoms with van der Waals surface area (Å²) in [6.45, 7) is 9.29. The van der Waals surface area contributed by atoms with Crippen molar-refractivity contribution in [1.29, 1.82) is 0 Å². The molecule has 6 heteroatoms. The predicted molar refractivity (Wildman–Crippen MR) is 110 cm³/mol. The Bertz CT molecular complexity index is 751. The monoisotopic (exact) mass is 367 g/mol. The second-order valence-corrected chi connectivity index (χ2v) is 7.71. The molecule has 1 aliphatic rings. The molecule has 0 atom stereocenters. The highest BCUT2D eigenvalue weighted by atomic mass is 16.1. The minimum atomic E-state index is -0.177. The van der Waals surface area contributed by atoms with E-state index in [2.05, 4.69) is 58.4 Å². The van der Waals surface area contributed by atoms with Crippen LogP contribution in [0.3, 0.4) is 0 Å². The highest BCUT2D eigenvalue weighted by Crippen LogP contribution is 2.24. The van der Waals surface area contributed by atoms with E-state index >= 15 is 0 Å². The van der Waals surface area contributed by atoms with Crippen molar-refractivity contribution in [3.63, 3.8) is 0 Å². The minimum Gasteiger partial charge on any atom is -0.372 e. The molecular formula is C21H29N5O. The summed E-state index contributed by atoms with van der Waals surface area (Å²) in [5, 5.41) is 6.05. The topological polar surface area (TPSA) is 70.2 Å². The Kier molecular flexibility index (Phi) is 6.27. The number of rotatable bonds is 6. The van der Waals surface area contributed by atoms with Gasteiger partial charge < -0.3 is 15.5 Å². The minimum absolute atomic E-state index is 0.177. The lowest BCUT2D eigenvalue weighted by atomic mass is 9.99. The summed E-state index contributed by atoms with van der Waals surface area (Å²) in [5.41, 5.74) is 2.52. The van der Waals surface area contributed by atoms with Gasteiger partial charge in [-0.1, -0.05) is 20.8 Å². The van der Waals surface area contributed by atoms with Gasteiger partial charge in [-0.2, -0.15) is 0 Å². The highest BCUT2D eigenvalue weighted by molar-refractivity contribution is 5.92. The molecule has 1 saturated heterocycles. The summed E-state index contributed by atoms with van der Waals surface area (Å²) in [4.78, 5) is 23.1. The molecule has 0 bridgehead atoms. The van der Waals surface area contributed by atoms with Crippen LogP contribution in [0, 0.1) is 11.8 Å². The van der Waals surface area contributed by atoms with Crippen LogP contribution in [-0.2, 0) is 0 Å². The third kappa shape index (κ3) is 5.42. The van der Waals surface area contributed by atoms with E-state index in [1.54, 1.807) is 12.3 Å². The number of carbonyl (C=O) groups excluding carboxylic acids is 1. The first kappa shape index (κ1) is 19.1. The van der Waals surface area contributed by atoms with Crippen molar-refractivity contribution in [2.45, 2.75) is 33.6 Å². The van der Waals surface area contributed by atoms with Crippen molar-refractivity contribution in [3.05, 3.63) is 42.2 Å². The van der Waals surface area contributed by atoms with Gasteiger partial charge in [0.2, 0.25) is 5.95 Å². The Balaban J connectivity index is 1.62. The third-order valence-corrected chi connectivity index (χ3v) is 4.83. The van der Waals surface area contributed by atoms with E-state index in [1.165, 1.54) is 18.5 Å². The van der Waals surface area contributed by atoms with Crippen molar-refractivity contribution in [2.75, 3.05) is 29.9 Å². The molecule has 0 aliphatic carbocycles. The van der Waals surface area contributed by atoms with E-state index < -0.39 is 0 Å². The molecule has 0 radical (unpaired) electrons. The van der Waals surface area contributed by atoms with Gasteiger partial charge in [-0.25, -0.2) is 9.97 Å². The zero-order valence-corrected chi connectivity index (χ0v) is 16.4. The second-order valence-electron chi connectivity index (χ2n) is 7.71. The van der Waals surface area contributed by atoms with E-state index in [0.29, 0.717) is 24.1 Å². The Hall–Kier alpha value is -2.63. The van der Waals surface area contributed by atoms with Gasteiger partial charge in [0.1, 0.15) is 5.69 Å². The quantitative estimate of drug-likeness (QED) is 0.812. The fourth-order valence-corrected chi connectivity index (χ4v) is 3.08. The molecule has 1 aromatic carbocycles. The first-order valence-electron chi connectivity index (χ1n) is 9.74. The molecule has 144 valence electrons. The predicted octanol–water partition coefficient (Wildman–Crippen LogP) is 3.84. The van der Waals surface area contributed by atoms with Crippen LogP contribution in [-0.4, -0.2) is 35.5 Å². The van der Waals surface area contributed by atoms with Crippen LogP contribution in [0.4, 0.5) is 17.3 Å². The smallest absolute Gasteiger partial charge is 0.270 e. The van der Waals surface area contributed by atoms with Gasteiger partial charge in [0.15, 0.2) is 0 Å². The highest BCUT2D eigenvalue weighted by Gasteiger charge is 2.16. The zero-order valence-electron chi connectivity index (χ0n) is 16.4. The van der Waals surface area contributed by atoms with Crippen LogP contribution in [0.1, 0.15) is 44.1 Å². The number of amides is 1. The van der Waals surface area contributed by atoms with Crippen molar-refractivity contribution in [3.8, 4) is 0 Å². The first-order chi connectivity index (χ1) is 13.0. The molecule has 0 saturated carbocycles. The van der Waals surface area contributed by atoms with Crippen LogP contribution in [0.2, 0.25) is 0 Å². The molecule has 0 spiro atoms. The number of anilines is 3. The van der Waals surface area contributed by atoms with E-state index in [4.69, 9.17) is 0 Å². The van der Waals surface area contributed by atoms with E-state index in [1.807, 2.05) is 12.1 Å². The number of piperidine rings is 1. The third-order valence-electron chi connectivity index (χ3n) is 4.83. The molecule has 6 nitrogen and oxygen atoms in total. The summed E-state index contributed by atoms with van der Waals surface area (Å²) in [7, 11) is 0. The van der Waals surface area contributed by atoms with Gasteiger partial charge in [0, 0.05) is 37.2 Å². The standard InChI is InChI=1S/C21H29N5O/c1-15(2)14-23-20(27)19-8-11-22-21(25-19)24-17-4-6-18(7-5-17)26-12-9-16(3)10-13-26/h4-8,11,15-16H,9-10,12-14H2,1-3H3,(H,23,27)(H,22,24,25). The summed E-state index contributed by atoms with van der Waals surface area (Å²) < 4.78 is 0. The van der Waals surface area contributed by atoms with Crippen molar-refractivity contribution < 1.29 is 4.79 Å². The maximum absolute atomic E-state index is 12.2. The zero-order chi connectivity index (χ0) is 19.2. The molecule has 1 aromatic heterocycles. The summed E-state index contributed by atoms with van der Waals surface area (Å²) in [6, 6.07) is 9.93. The Morgan fingerprint density at radius 3 is 2.56 bits per heavy atom. The van der Waals surface area contributed by atoms with Crippen molar-refractivity contribution in [1.82, 2.24) is 15.3 Å². The van der Waals surface area contributed by atoms with Gasteiger partial charge in [-0.15, -0.1) is 0 Å². The lowest BCUT2D eigenvalue weighted by Crippen LogP contribution is -2.32. The number of nitrogens with one attached hydrogen (secondary N) is 2. The van der Waals surface area contributed by atoms with Gasteiger partial charge in [-0.05, 0) is 55.0 Å². The van der Waals surface area contributed by atoms with E-state index in [0.717, 1.165) is 24.7 Å². The molecule has 0 unspecified atom stereocenters.